The Balaban J connectivity index is 1.22. The monoisotopic (exact) mass is 652 g/mol. The predicted octanol–water partition coefficient (Wildman–Crippen LogP) is 7.05. The molecule has 0 amide bonds. The van der Waals surface area contributed by atoms with Gasteiger partial charge >= 0.3 is 23.9 Å². The number of esters is 4. The third-order valence-corrected chi connectivity index (χ3v) is 6.82. The molecule has 0 aliphatic carbocycles. The summed E-state index contributed by atoms with van der Waals surface area (Å²) >= 11 is 0. The molecule has 0 aromatic heterocycles. The summed E-state index contributed by atoms with van der Waals surface area (Å²) in [5, 5.41) is 1.59. The zero-order chi connectivity index (χ0) is 34.1. The maximum absolute atomic E-state index is 12.7. The Morgan fingerprint density at radius 2 is 0.833 bits per heavy atom. The van der Waals surface area contributed by atoms with Crippen molar-refractivity contribution >= 4 is 34.6 Å². The quantitative estimate of drug-likeness (QED) is 0.0478. The van der Waals surface area contributed by atoms with Gasteiger partial charge in [0, 0.05) is 12.2 Å². The highest BCUT2D eigenvalue weighted by Gasteiger charge is 2.12. The van der Waals surface area contributed by atoms with E-state index in [9.17, 15) is 19.2 Å². The van der Waals surface area contributed by atoms with Crippen LogP contribution < -0.4 is 18.9 Å². The molecular formula is C38H36O10. The van der Waals surface area contributed by atoms with Gasteiger partial charge in [-0.25, -0.2) is 19.2 Å². The van der Waals surface area contributed by atoms with Crippen molar-refractivity contribution in [2.75, 3.05) is 26.4 Å². The molecule has 4 aromatic rings. The number of carbonyl (C=O) groups excluding carboxylic acids is 4. The van der Waals surface area contributed by atoms with Gasteiger partial charge in [0.2, 0.25) is 0 Å². The van der Waals surface area contributed by atoms with Gasteiger partial charge in [-0.3, -0.25) is 0 Å². The van der Waals surface area contributed by atoms with Crippen LogP contribution in [0.2, 0.25) is 0 Å². The first-order valence-corrected chi connectivity index (χ1v) is 15.4. The largest absolute Gasteiger partial charge is 0.494 e. The zero-order valence-corrected chi connectivity index (χ0v) is 26.4. The third-order valence-electron chi connectivity index (χ3n) is 6.82. The van der Waals surface area contributed by atoms with Crippen molar-refractivity contribution in [3.63, 3.8) is 0 Å². The molecule has 0 aliphatic heterocycles. The average molecular weight is 653 g/mol. The molecule has 0 fully saturated rings. The van der Waals surface area contributed by atoms with Gasteiger partial charge in [-0.15, -0.1) is 0 Å². The lowest BCUT2D eigenvalue weighted by molar-refractivity contribution is -0.138. The van der Waals surface area contributed by atoms with Gasteiger partial charge in [0.25, 0.3) is 0 Å². The third kappa shape index (κ3) is 11.2. The fourth-order valence-electron chi connectivity index (χ4n) is 4.29. The van der Waals surface area contributed by atoms with Gasteiger partial charge in [-0.05, 0) is 109 Å². The van der Waals surface area contributed by atoms with E-state index < -0.39 is 23.9 Å². The molecular weight excluding hydrogens is 616 g/mol. The lowest BCUT2D eigenvalue weighted by atomic mass is 10.1. The van der Waals surface area contributed by atoms with E-state index in [1.807, 2.05) is 0 Å². The van der Waals surface area contributed by atoms with Gasteiger partial charge in [-0.2, -0.15) is 0 Å². The molecule has 0 unspecified atom stereocenters. The molecule has 10 heteroatoms. The summed E-state index contributed by atoms with van der Waals surface area (Å²) in [6, 6.07) is 23.6. The minimum atomic E-state index is -0.515. The molecule has 0 spiro atoms. The van der Waals surface area contributed by atoms with Gasteiger partial charge < -0.3 is 28.4 Å². The summed E-state index contributed by atoms with van der Waals surface area (Å²) in [6.45, 7) is 8.18. The molecule has 4 aromatic carbocycles. The molecule has 0 atom stereocenters. The number of fused-ring (bicyclic) bond motifs is 1. The summed E-state index contributed by atoms with van der Waals surface area (Å²) in [5.74, 6) is 0.0298. The maximum atomic E-state index is 12.7. The smallest absolute Gasteiger partial charge is 0.343 e. The van der Waals surface area contributed by atoms with Crippen molar-refractivity contribution in [1.82, 2.24) is 0 Å². The molecule has 4 rings (SSSR count). The summed E-state index contributed by atoms with van der Waals surface area (Å²) in [5.41, 5.74) is 0.730. The highest BCUT2D eigenvalue weighted by molar-refractivity contribution is 5.94. The Bertz CT molecular complexity index is 1600. The van der Waals surface area contributed by atoms with Crippen LogP contribution in [0, 0.1) is 0 Å². The first kappa shape index (κ1) is 35.0. The highest BCUT2D eigenvalue weighted by Crippen LogP contribution is 2.26. The second-order valence-corrected chi connectivity index (χ2v) is 10.4. The van der Waals surface area contributed by atoms with Crippen LogP contribution in [-0.2, 0) is 19.1 Å². The van der Waals surface area contributed by atoms with E-state index in [0.717, 1.165) is 22.9 Å². The first-order chi connectivity index (χ1) is 23.3. The second kappa shape index (κ2) is 18.3. The van der Waals surface area contributed by atoms with Crippen LogP contribution in [-0.4, -0.2) is 50.3 Å². The van der Waals surface area contributed by atoms with E-state index in [2.05, 4.69) is 13.2 Å². The molecule has 248 valence electrons. The molecule has 10 nitrogen and oxygen atoms in total. The second-order valence-electron chi connectivity index (χ2n) is 10.4. The number of hydrogen-bond acceptors (Lipinski definition) is 10. The van der Waals surface area contributed by atoms with Crippen molar-refractivity contribution in [2.24, 2.45) is 0 Å². The standard InChI is InChI=1S/C38H36O10/c1-3-35(39)45-23-7-5-21-43-31-15-9-27(10-16-31)37(41)47-33-19-13-30-26-34(20-14-29(30)25-33)48-38(42)28-11-17-32(18-12-28)44-22-6-8-24-46-36(40)4-2/h3-4,9-20,25-26H,1-2,5-8,21-24H2. The predicted molar refractivity (Wildman–Crippen MR) is 179 cm³/mol. The van der Waals surface area contributed by atoms with Crippen molar-refractivity contribution < 1.29 is 47.6 Å². The summed E-state index contributed by atoms with van der Waals surface area (Å²) < 4.78 is 32.3. The van der Waals surface area contributed by atoms with E-state index in [1.54, 1.807) is 84.9 Å². The Kier molecular flexibility index (Phi) is 13.3. The summed E-state index contributed by atoms with van der Waals surface area (Å²) in [7, 11) is 0. The topological polar surface area (TPSA) is 124 Å². The number of benzene rings is 4. The van der Waals surface area contributed by atoms with Crippen molar-refractivity contribution in [3.05, 3.63) is 121 Å². The fourth-order valence-corrected chi connectivity index (χ4v) is 4.29. The minimum Gasteiger partial charge on any atom is -0.494 e. The fraction of sp³-hybridized carbons (Fsp3) is 0.211. The Morgan fingerprint density at radius 1 is 0.479 bits per heavy atom. The maximum Gasteiger partial charge on any atom is 0.343 e. The van der Waals surface area contributed by atoms with E-state index in [4.69, 9.17) is 28.4 Å². The van der Waals surface area contributed by atoms with E-state index in [-0.39, 0.29) is 0 Å². The number of carbonyl (C=O) groups is 4. The van der Waals surface area contributed by atoms with Gasteiger partial charge in [-0.1, -0.05) is 25.3 Å². The molecule has 0 radical (unpaired) electrons. The Hall–Kier alpha value is -5.90. The van der Waals surface area contributed by atoms with Crippen LogP contribution in [0.3, 0.4) is 0 Å². The lowest BCUT2D eigenvalue weighted by Gasteiger charge is -2.10. The highest BCUT2D eigenvalue weighted by atomic mass is 16.5. The zero-order valence-electron chi connectivity index (χ0n) is 26.4. The lowest BCUT2D eigenvalue weighted by Crippen LogP contribution is -2.09. The first-order valence-electron chi connectivity index (χ1n) is 15.4. The van der Waals surface area contributed by atoms with Crippen LogP contribution in [0.4, 0.5) is 0 Å². The molecule has 48 heavy (non-hydrogen) atoms. The molecule has 0 saturated heterocycles. The van der Waals surface area contributed by atoms with Crippen LogP contribution in [0.25, 0.3) is 10.8 Å². The SMILES string of the molecule is C=CC(=O)OCCCCOc1ccc(C(=O)Oc2ccc3cc(OC(=O)c4ccc(OCCCCOC(=O)C=C)cc4)ccc3c2)cc1. The van der Waals surface area contributed by atoms with E-state index >= 15 is 0 Å². The van der Waals surface area contributed by atoms with Crippen molar-refractivity contribution in [1.29, 1.82) is 0 Å². The average Bonchev–Trinajstić information content (AvgIpc) is 3.11. The molecule has 0 bridgehead atoms. The van der Waals surface area contributed by atoms with Crippen molar-refractivity contribution in [2.45, 2.75) is 25.7 Å². The van der Waals surface area contributed by atoms with Gasteiger partial charge in [0.05, 0.1) is 37.6 Å². The Labute approximate surface area is 278 Å². The number of unbranched alkanes of at least 4 members (excludes halogenated alkanes) is 2. The van der Waals surface area contributed by atoms with Gasteiger partial charge in [0.15, 0.2) is 0 Å². The van der Waals surface area contributed by atoms with Crippen molar-refractivity contribution in [3.8, 4) is 23.0 Å². The normalized spacial score (nSPS) is 10.4. The number of rotatable bonds is 18. The number of ether oxygens (including phenoxy) is 6. The Morgan fingerprint density at radius 3 is 1.21 bits per heavy atom. The van der Waals surface area contributed by atoms with Crippen LogP contribution >= 0.6 is 0 Å². The molecule has 0 heterocycles. The summed E-state index contributed by atoms with van der Waals surface area (Å²) in [4.78, 5) is 47.5. The molecule has 0 saturated carbocycles. The van der Waals surface area contributed by atoms with Crippen LogP contribution in [0.1, 0.15) is 46.4 Å². The van der Waals surface area contributed by atoms with E-state index in [0.29, 0.717) is 86.2 Å². The van der Waals surface area contributed by atoms with Crippen LogP contribution in [0.15, 0.2) is 110 Å². The molecule has 0 aliphatic rings. The van der Waals surface area contributed by atoms with Gasteiger partial charge in [0.1, 0.15) is 23.0 Å². The van der Waals surface area contributed by atoms with E-state index in [1.165, 1.54) is 0 Å². The molecule has 0 N–H and O–H groups in total. The number of hydrogen-bond donors (Lipinski definition) is 0. The summed E-state index contributed by atoms with van der Waals surface area (Å²) in [6.07, 6.45) is 4.98. The minimum absolute atomic E-state index is 0.303. The van der Waals surface area contributed by atoms with Crippen LogP contribution in [0.5, 0.6) is 23.0 Å².